The fourth-order valence-corrected chi connectivity index (χ4v) is 16.1. The Balaban J connectivity index is 0.000000538. The first-order valence-corrected chi connectivity index (χ1v) is 45.7. The van der Waals surface area contributed by atoms with E-state index in [0.717, 1.165) is 40.6 Å². The number of nitrogens with two attached hydrogens (primary N) is 3. The first-order chi connectivity index (χ1) is 60.3. The van der Waals surface area contributed by atoms with Crippen LogP contribution in [-0.2, 0) is 77.7 Å². The van der Waals surface area contributed by atoms with Crippen LogP contribution in [0.15, 0.2) is 69.9 Å². The fourth-order valence-electron chi connectivity index (χ4n) is 15.6. The molecular weight excluding hydrogens is 1720 g/mol. The SMILES string of the molecule is Cc1c2oc3c(C)ccc(C(=O)NC4C(=O)NC(C(C)C)C(=O)C5CCCC5C(=O)N(C)CC(=O)N(C)C(C(C)C)C(=O)OC4C)c3nc-2c(C(=O)NC2C(=O)NC(C(C)C)C(=O)C3CCCC3C(=O)N(C)CC(=O)N(C)C(C(C)C)C(=O)OC2C)c(N)c1=O.N=C(N)c1ccc(OCCCCCOc2ccc(C(=N)N)cc2)cc1.O=S(=O)(O)CCO.O=S(=O)(O)CCO. The van der Waals surface area contributed by atoms with Crippen LogP contribution < -0.4 is 53.4 Å². The van der Waals surface area contributed by atoms with Gasteiger partial charge in [0, 0.05) is 68.6 Å². The summed E-state index contributed by atoms with van der Waals surface area (Å²) < 4.78 is 83.8. The number of nitrogen functional groups attached to an aromatic ring is 3. The minimum Gasteiger partial charge on any atom is -0.494 e. The van der Waals surface area contributed by atoms with Gasteiger partial charge < -0.3 is 91.6 Å². The summed E-state index contributed by atoms with van der Waals surface area (Å²) in [7, 11) is -2.18. The minimum absolute atomic E-state index is 0.0579. The van der Waals surface area contributed by atoms with Crippen molar-refractivity contribution >= 4 is 119 Å². The maximum Gasteiger partial charge on any atom is 0.329 e. The Hall–Kier alpha value is -11.6. The number of fused-ring (bicyclic) bond motifs is 4. The summed E-state index contributed by atoms with van der Waals surface area (Å²) in [5, 5.41) is 41.2. The van der Waals surface area contributed by atoms with E-state index in [1.165, 1.54) is 70.9 Å². The van der Waals surface area contributed by atoms with Crippen LogP contribution in [0, 0.1) is 72.0 Å². The van der Waals surface area contributed by atoms with E-state index in [9.17, 15) is 69.6 Å². The number of Topliss-reactive ketones (excluding diaryl/α,β-unsaturated/α-hetero) is 2. The Morgan fingerprint density at radius 3 is 1.29 bits per heavy atom. The quantitative estimate of drug-likeness (QED) is 0.00899. The molecule has 710 valence electrons. The smallest absolute Gasteiger partial charge is 0.329 e. The van der Waals surface area contributed by atoms with E-state index >= 15 is 9.59 Å². The Kier molecular flexibility index (Phi) is 38.8. The van der Waals surface area contributed by atoms with Crippen molar-refractivity contribution < 1.29 is 117 Å². The first kappa shape index (κ1) is 106. The Morgan fingerprint density at radius 1 is 0.566 bits per heavy atom. The number of ketones is 2. The third-order valence-corrected chi connectivity index (χ3v) is 24.1. The molecule has 12 atom stereocenters. The number of aliphatic hydroxyl groups excluding tert-OH is 2. The normalized spacial score (nSPS) is 22.7. The molecule has 0 aromatic heterocycles. The van der Waals surface area contributed by atoms with Gasteiger partial charge in [-0.05, 0) is 156 Å². The summed E-state index contributed by atoms with van der Waals surface area (Å²) in [5.74, 6) is -14.4. The number of hydrogen-bond acceptors (Lipinski definition) is 28. The predicted molar refractivity (Wildman–Crippen MR) is 474 cm³/mol. The standard InChI is InChI=1S/C64H88N10O16.C19H24N4O2.2C2H6O4S/c1-27(2)44-53(78)35-19-17-21-37(35)61(84)71(13)25-40(75)73(15)50(29(5)6)63(86)88-33(11)46(59(82)67-44)69-57(80)39-24-23-31(9)55-48(39)66-49-42(43(65)52(77)32(10)56(49)90-55)58(81)70-47-34(12)89-64(87)51(30(7)8)74(16)41(76)26-72(14)62(85)38-22-18-20-36(38)54(79)45(28(3)4)68-60(47)83;20-18(21)14-4-8-16(9-5-14)24-12-2-1-3-13-25-17-10-6-15(7-11-17)19(22)23;2*3-1-2-7(4,5)6/h23-24,27-30,33-38,44-47,50-51H,17-22,25-26,65H2,1-16H3,(H,67,82)(H,68,83)(H,69,80)(H,70,81);4-11H,1-3,12-13H2,(H3,20,21)(H3,22,23);2*3H,1-2H2,(H,4,5,6). The zero-order valence-corrected chi connectivity index (χ0v) is 77.2. The molecule has 6 aliphatic rings. The lowest BCUT2D eigenvalue weighted by Gasteiger charge is -2.35. The van der Waals surface area contributed by atoms with Gasteiger partial charge in [0.1, 0.15) is 70.8 Å². The molecule has 12 unspecified atom stereocenters. The van der Waals surface area contributed by atoms with Gasteiger partial charge in [-0.15, -0.1) is 0 Å². The van der Waals surface area contributed by atoms with E-state index < -0.39 is 241 Å². The molecule has 2 saturated carbocycles. The molecule has 3 aliphatic carbocycles. The van der Waals surface area contributed by atoms with E-state index in [1.54, 1.807) is 86.6 Å². The number of ether oxygens (including phenoxy) is 4. The average molecular weight is 1850 g/mol. The molecule has 3 aromatic carbocycles. The van der Waals surface area contributed by atoms with Crippen LogP contribution >= 0.6 is 0 Å². The van der Waals surface area contributed by atoms with Crippen LogP contribution in [0.2, 0.25) is 0 Å². The largest absolute Gasteiger partial charge is 0.494 e. The number of nitrogens with zero attached hydrogens (tertiary/aromatic N) is 5. The van der Waals surface area contributed by atoms with Gasteiger partial charge in [0.05, 0.1) is 79.9 Å². The third kappa shape index (κ3) is 28.4. The number of rotatable bonds is 22. The van der Waals surface area contributed by atoms with Crippen molar-refractivity contribution in [3.05, 3.63) is 104 Å². The number of aromatic nitrogens is 1. The Morgan fingerprint density at radius 2 is 0.946 bits per heavy atom. The second-order valence-electron chi connectivity index (χ2n) is 33.9. The predicted octanol–water partition coefficient (Wildman–Crippen LogP) is 3.33. The van der Waals surface area contributed by atoms with Gasteiger partial charge in [-0.1, -0.05) is 74.3 Å². The molecule has 42 heteroatoms. The van der Waals surface area contributed by atoms with Gasteiger partial charge in [0.2, 0.25) is 40.9 Å². The number of hydrogen-bond donors (Lipinski definition) is 13. The zero-order valence-electron chi connectivity index (χ0n) is 75.6. The first-order valence-electron chi connectivity index (χ1n) is 42.4. The molecule has 3 aliphatic heterocycles. The number of likely N-dealkylation sites (N-methyl/N-ethyl adjacent to an activating group) is 4. The average Bonchev–Trinajstić information content (AvgIpc) is 0.993. The van der Waals surface area contributed by atoms with Crippen LogP contribution in [0.25, 0.3) is 22.6 Å². The van der Waals surface area contributed by atoms with Crippen molar-refractivity contribution in [2.24, 2.45) is 58.8 Å². The van der Waals surface area contributed by atoms with Crippen LogP contribution in [0.3, 0.4) is 0 Å². The summed E-state index contributed by atoms with van der Waals surface area (Å²) in [4.78, 5) is 197. The monoisotopic (exact) mass is 1840 g/mol. The number of unbranched alkanes of at least 4 members (excludes halogenated alkanes) is 2. The van der Waals surface area contributed by atoms with Gasteiger partial charge in [0.15, 0.2) is 22.9 Å². The summed E-state index contributed by atoms with van der Waals surface area (Å²) in [5.41, 5.74) is 15.9. The molecule has 0 radical (unpaired) electrons. The zero-order chi connectivity index (χ0) is 96.9. The molecule has 129 heavy (non-hydrogen) atoms. The van der Waals surface area contributed by atoms with Gasteiger partial charge in [0.25, 0.3) is 32.1 Å². The second-order valence-corrected chi connectivity index (χ2v) is 37.1. The van der Waals surface area contributed by atoms with E-state index in [0.29, 0.717) is 68.4 Å². The fraction of sp³-hybridized carbons (Fsp3) is 0.563. The molecule has 4 fully saturated rings. The lowest BCUT2D eigenvalue weighted by atomic mass is 9.83. The molecule has 3 aromatic rings. The van der Waals surface area contributed by atoms with Crippen molar-refractivity contribution in [3.63, 3.8) is 0 Å². The molecule has 3 heterocycles. The van der Waals surface area contributed by atoms with Crippen molar-refractivity contribution in [2.75, 3.05) is 84.9 Å². The van der Waals surface area contributed by atoms with Crippen LogP contribution in [0.4, 0.5) is 5.69 Å². The van der Waals surface area contributed by atoms with Crippen molar-refractivity contribution in [3.8, 4) is 23.0 Å². The van der Waals surface area contributed by atoms with E-state index in [2.05, 4.69) is 21.3 Å². The number of anilines is 1. The summed E-state index contributed by atoms with van der Waals surface area (Å²) in [6, 6.07) is 8.70. The number of nitrogens with one attached hydrogen (secondary N) is 6. The highest BCUT2D eigenvalue weighted by Crippen LogP contribution is 2.39. The third-order valence-electron chi connectivity index (χ3n) is 22.7. The van der Waals surface area contributed by atoms with Crippen LogP contribution in [0.1, 0.15) is 170 Å². The summed E-state index contributed by atoms with van der Waals surface area (Å²) >= 11 is 0. The van der Waals surface area contributed by atoms with Crippen molar-refractivity contribution in [1.82, 2.24) is 45.9 Å². The number of benzene rings is 4. The number of aliphatic hydroxyl groups is 2. The van der Waals surface area contributed by atoms with Gasteiger partial charge in [-0.3, -0.25) is 72.7 Å². The van der Waals surface area contributed by atoms with Gasteiger partial charge in [-0.2, -0.15) is 16.8 Å². The van der Waals surface area contributed by atoms with Crippen LogP contribution in [0.5, 0.6) is 11.5 Å². The second kappa shape index (κ2) is 47.1. The summed E-state index contributed by atoms with van der Waals surface area (Å²) in [6.07, 6.45) is 2.25. The molecule has 8 amide bonds. The van der Waals surface area contributed by atoms with E-state index in [1.807, 2.05) is 24.3 Å². The maximum absolute atomic E-state index is 15.2. The van der Waals surface area contributed by atoms with Crippen LogP contribution in [-0.4, -0.2) is 271 Å². The molecule has 9 rings (SSSR count). The van der Waals surface area contributed by atoms with Crippen molar-refractivity contribution in [1.29, 1.82) is 10.8 Å². The minimum atomic E-state index is -3.92. The maximum atomic E-state index is 15.2. The molecular formula is C87H124N14O26S2. The Bertz CT molecular complexity index is 5090. The highest BCUT2D eigenvalue weighted by atomic mass is 32.2. The summed E-state index contributed by atoms with van der Waals surface area (Å²) in [6.45, 7) is 18.5. The number of esters is 2. The molecule has 2 saturated heterocycles. The topological polar surface area (TPSA) is 621 Å². The number of cyclic esters (lactones) is 2. The Labute approximate surface area is 749 Å². The molecule has 40 nitrogen and oxygen atoms in total. The van der Waals surface area contributed by atoms with Crippen molar-refractivity contribution in [2.45, 2.75) is 189 Å². The van der Waals surface area contributed by atoms with E-state index in [4.69, 9.17) is 75.7 Å². The van der Waals surface area contributed by atoms with Gasteiger partial charge in [-0.25, -0.2) is 14.6 Å². The number of carbonyl (C=O) groups is 12. The highest BCUT2D eigenvalue weighted by Gasteiger charge is 2.48. The number of carbonyl (C=O) groups excluding carboxylic acids is 12. The van der Waals surface area contributed by atoms with Gasteiger partial charge >= 0.3 is 11.9 Å². The molecule has 0 spiro atoms. The molecule has 16 N–H and O–H groups in total. The lowest BCUT2D eigenvalue weighted by Crippen LogP contribution is -2.59. The highest BCUT2D eigenvalue weighted by molar-refractivity contribution is 7.86. The number of amidine groups is 2. The molecule has 0 bridgehead atoms. The van der Waals surface area contributed by atoms with E-state index in [-0.39, 0.29) is 45.4 Å². The lowest BCUT2D eigenvalue weighted by molar-refractivity contribution is -0.163. The number of amides is 8. The number of aryl methyl sites for hydroxylation is 1.